The van der Waals surface area contributed by atoms with E-state index in [1.807, 2.05) is 60.7 Å². The minimum Gasteiger partial charge on any atom is -0.496 e. The Balaban J connectivity index is 1.46. The van der Waals surface area contributed by atoms with Crippen LogP contribution in [0.1, 0.15) is 23.6 Å². The molecule has 3 heterocycles. The highest BCUT2D eigenvalue weighted by atomic mass is 35.5. The van der Waals surface area contributed by atoms with Gasteiger partial charge in [-0.2, -0.15) is 5.10 Å². The summed E-state index contributed by atoms with van der Waals surface area (Å²) >= 11 is 6.43. The second kappa shape index (κ2) is 11.3. The molecule has 1 saturated heterocycles. The maximum absolute atomic E-state index is 13.8. The molecule has 2 atom stereocenters. The van der Waals surface area contributed by atoms with Gasteiger partial charge in [0.2, 0.25) is 0 Å². The number of aliphatic imine (C=N–C) groups is 1. The lowest BCUT2D eigenvalue weighted by molar-refractivity contribution is -0.135. The van der Waals surface area contributed by atoms with Gasteiger partial charge in [0.15, 0.2) is 0 Å². The van der Waals surface area contributed by atoms with Crippen LogP contribution in [-0.4, -0.2) is 73.1 Å². The number of morpholine rings is 1. The van der Waals surface area contributed by atoms with Crippen LogP contribution in [0.4, 0.5) is 0 Å². The first-order chi connectivity index (χ1) is 19.5. The topological polar surface area (TPSA) is 83.8 Å². The fourth-order valence-electron chi connectivity index (χ4n) is 5.67. The fourth-order valence-corrected chi connectivity index (χ4v) is 5.86. The summed E-state index contributed by atoms with van der Waals surface area (Å²) in [5.41, 5.74) is 4.08. The smallest absolute Gasteiger partial charge is 0.279 e. The van der Waals surface area contributed by atoms with Gasteiger partial charge < -0.3 is 9.47 Å². The van der Waals surface area contributed by atoms with Crippen LogP contribution in [0.3, 0.4) is 0 Å². The van der Waals surface area contributed by atoms with Gasteiger partial charge in [-0.25, -0.2) is 10.0 Å². The number of amides is 2. The zero-order valence-electron chi connectivity index (χ0n) is 22.1. The van der Waals surface area contributed by atoms with E-state index < -0.39 is 6.04 Å². The number of methoxy groups -OCH3 is 1. The summed E-state index contributed by atoms with van der Waals surface area (Å²) in [5.74, 6) is -0.169. The van der Waals surface area contributed by atoms with Crippen molar-refractivity contribution in [2.24, 2.45) is 16.0 Å². The predicted molar refractivity (Wildman–Crippen MR) is 154 cm³/mol. The van der Waals surface area contributed by atoms with Gasteiger partial charge in [0.05, 0.1) is 49.9 Å². The van der Waals surface area contributed by atoms with Gasteiger partial charge in [-0.15, -0.1) is 0 Å². The Morgan fingerprint density at radius 1 is 1.07 bits per heavy atom. The Morgan fingerprint density at radius 3 is 2.60 bits per heavy atom. The van der Waals surface area contributed by atoms with Crippen molar-refractivity contribution in [1.82, 2.24) is 9.91 Å². The summed E-state index contributed by atoms with van der Waals surface area (Å²) in [6.07, 6.45) is 5.78. The molecule has 0 radical (unpaired) electrons. The fraction of sp³-hybridized carbons (Fsp3) is 0.290. The third-order valence-corrected chi connectivity index (χ3v) is 7.83. The van der Waals surface area contributed by atoms with Crippen LogP contribution in [0.15, 0.2) is 93.5 Å². The Hall–Kier alpha value is -3.85. The lowest BCUT2D eigenvalue weighted by Gasteiger charge is -2.29. The van der Waals surface area contributed by atoms with Crippen molar-refractivity contribution in [2.75, 3.05) is 40.0 Å². The average molecular weight is 557 g/mol. The van der Waals surface area contributed by atoms with E-state index >= 15 is 0 Å². The molecule has 0 N–H and O–H groups in total. The van der Waals surface area contributed by atoms with Crippen LogP contribution in [-0.2, 0) is 14.3 Å². The minimum atomic E-state index is -0.437. The van der Waals surface area contributed by atoms with Crippen LogP contribution < -0.4 is 4.74 Å². The number of nitrogens with zero attached hydrogens (tertiary/aromatic N) is 4. The van der Waals surface area contributed by atoms with Crippen molar-refractivity contribution < 1.29 is 19.1 Å². The van der Waals surface area contributed by atoms with E-state index in [0.717, 1.165) is 16.7 Å². The van der Waals surface area contributed by atoms with Crippen LogP contribution in [0, 0.1) is 5.92 Å². The summed E-state index contributed by atoms with van der Waals surface area (Å²) in [7, 11) is 1.61. The van der Waals surface area contributed by atoms with E-state index in [1.165, 1.54) is 5.01 Å². The van der Waals surface area contributed by atoms with E-state index in [-0.39, 0.29) is 24.3 Å². The van der Waals surface area contributed by atoms with Crippen molar-refractivity contribution >= 4 is 40.4 Å². The van der Waals surface area contributed by atoms with Crippen molar-refractivity contribution in [3.8, 4) is 5.75 Å². The number of hydrogen-bond acceptors (Lipinski definition) is 6. The maximum Gasteiger partial charge on any atom is 0.279 e. The standard InChI is InChI=1S/C31H29ClN4O4/c1-39-27-10-6-5-9-22(27)26-18-25(34-36(26)28(37)19-35-13-15-40-16-14-35)30-29(20-7-3-2-4-8-20)23-17-21(32)11-12-24(23)33-31(30)38/h2-12,17,23,26H,13-16,18-19H2,1H3. The molecule has 0 bridgehead atoms. The number of carbonyl (C=O) groups is 2. The molecular weight excluding hydrogens is 528 g/mol. The van der Waals surface area contributed by atoms with Gasteiger partial charge in [-0.3, -0.25) is 14.5 Å². The molecule has 4 aliphatic rings. The van der Waals surface area contributed by atoms with Crippen molar-refractivity contribution in [2.45, 2.75) is 12.5 Å². The quantitative estimate of drug-likeness (QED) is 0.526. The first kappa shape index (κ1) is 26.4. The van der Waals surface area contributed by atoms with Gasteiger partial charge in [0.1, 0.15) is 5.75 Å². The molecule has 0 spiro atoms. The van der Waals surface area contributed by atoms with E-state index in [2.05, 4.69) is 9.89 Å². The molecule has 204 valence electrons. The molecule has 2 aromatic rings. The highest BCUT2D eigenvalue weighted by Crippen LogP contribution is 2.42. The second-order valence-corrected chi connectivity index (χ2v) is 10.4. The molecule has 3 aliphatic heterocycles. The summed E-state index contributed by atoms with van der Waals surface area (Å²) in [6.45, 7) is 2.74. The summed E-state index contributed by atoms with van der Waals surface area (Å²) < 4.78 is 11.1. The van der Waals surface area contributed by atoms with Crippen LogP contribution in [0.2, 0.25) is 0 Å². The summed E-state index contributed by atoms with van der Waals surface area (Å²) in [6, 6.07) is 16.9. The number of para-hydroxylation sites is 1. The number of allylic oxidation sites excluding steroid dienone is 5. The highest BCUT2D eigenvalue weighted by Gasteiger charge is 2.41. The van der Waals surface area contributed by atoms with Gasteiger partial charge in [0.25, 0.3) is 11.8 Å². The third kappa shape index (κ3) is 5.06. The number of carbonyl (C=O) groups excluding carboxylic acids is 2. The Labute approximate surface area is 237 Å². The number of dihydropyridines is 1. The SMILES string of the molecule is COc1ccccc1C1CC(C2=C(c3ccccc3)C3C=C(Cl)C=CC3=NC2=O)=NN1C(=O)CN1CCOCC1. The molecule has 40 heavy (non-hydrogen) atoms. The predicted octanol–water partition coefficient (Wildman–Crippen LogP) is 4.40. The third-order valence-electron chi connectivity index (χ3n) is 7.58. The molecule has 2 aromatic carbocycles. The number of fused-ring (bicyclic) bond motifs is 1. The molecule has 0 aromatic heterocycles. The molecule has 9 heteroatoms. The highest BCUT2D eigenvalue weighted by molar-refractivity contribution is 6.36. The number of hydrogen-bond donors (Lipinski definition) is 0. The molecule has 2 unspecified atom stereocenters. The monoisotopic (exact) mass is 556 g/mol. The number of hydrazone groups is 1. The van der Waals surface area contributed by atoms with Gasteiger partial charge in [0, 0.05) is 36.0 Å². The van der Waals surface area contributed by atoms with Crippen molar-refractivity contribution in [1.29, 1.82) is 0 Å². The lowest BCUT2D eigenvalue weighted by atomic mass is 9.79. The molecule has 1 aliphatic carbocycles. The van der Waals surface area contributed by atoms with E-state index in [9.17, 15) is 9.59 Å². The zero-order chi connectivity index (χ0) is 27.6. The molecule has 8 nitrogen and oxygen atoms in total. The van der Waals surface area contributed by atoms with E-state index in [1.54, 1.807) is 19.3 Å². The molecule has 1 fully saturated rings. The van der Waals surface area contributed by atoms with Crippen molar-refractivity contribution in [3.63, 3.8) is 0 Å². The number of benzene rings is 2. The number of rotatable bonds is 6. The average Bonchev–Trinajstić information content (AvgIpc) is 3.42. The normalized spacial score (nSPS) is 23.0. The van der Waals surface area contributed by atoms with Crippen LogP contribution >= 0.6 is 11.6 Å². The van der Waals surface area contributed by atoms with E-state index in [4.69, 9.17) is 26.2 Å². The summed E-state index contributed by atoms with van der Waals surface area (Å²) in [5, 5.41) is 6.96. The second-order valence-electron chi connectivity index (χ2n) is 9.99. The summed E-state index contributed by atoms with van der Waals surface area (Å²) in [4.78, 5) is 34.0. The molecule has 6 rings (SSSR count). The van der Waals surface area contributed by atoms with Crippen molar-refractivity contribution in [3.05, 3.63) is 94.6 Å². The largest absolute Gasteiger partial charge is 0.496 e. The van der Waals surface area contributed by atoms with E-state index in [0.29, 0.717) is 60.5 Å². The molecule has 0 saturated carbocycles. The zero-order valence-corrected chi connectivity index (χ0v) is 22.9. The van der Waals surface area contributed by atoms with Gasteiger partial charge in [-0.05, 0) is 29.4 Å². The first-order valence-corrected chi connectivity index (χ1v) is 13.7. The first-order valence-electron chi connectivity index (χ1n) is 13.3. The Kier molecular flexibility index (Phi) is 7.47. The molecule has 2 amide bonds. The van der Waals surface area contributed by atoms with Crippen LogP contribution in [0.5, 0.6) is 5.75 Å². The van der Waals surface area contributed by atoms with Gasteiger partial charge in [-0.1, -0.05) is 66.2 Å². The maximum atomic E-state index is 13.8. The minimum absolute atomic E-state index is 0.148. The Morgan fingerprint density at radius 2 is 1.82 bits per heavy atom. The van der Waals surface area contributed by atoms with Crippen LogP contribution in [0.25, 0.3) is 5.57 Å². The number of ether oxygens (including phenoxy) is 2. The van der Waals surface area contributed by atoms with Gasteiger partial charge >= 0.3 is 0 Å². The Bertz CT molecular complexity index is 1490. The number of halogens is 1. The molecular formula is C31H29ClN4O4. The lowest BCUT2D eigenvalue weighted by Crippen LogP contribution is -2.43.